The van der Waals surface area contributed by atoms with Crippen LogP contribution in [-0.2, 0) is 9.84 Å². The van der Waals surface area contributed by atoms with Crippen molar-refractivity contribution in [2.45, 2.75) is 6.92 Å². The number of aryl methyl sites for hydroxylation is 1. The lowest BCUT2D eigenvalue weighted by atomic mass is 10.4. The van der Waals surface area contributed by atoms with Gasteiger partial charge < -0.3 is 10.0 Å². The van der Waals surface area contributed by atoms with Gasteiger partial charge in [-0.25, -0.2) is 18.2 Å². The molecule has 6 nitrogen and oxygen atoms in total. The largest absolute Gasteiger partial charge is 0.476 e. The summed E-state index contributed by atoms with van der Waals surface area (Å²) in [7, 11) is -2.92. The summed E-state index contributed by atoms with van der Waals surface area (Å²) in [6.07, 6.45) is 0. The highest BCUT2D eigenvalue weighted by Crippen LogP contribution is 2.26. The molecule has 1 aliphatic heterocycles. The molecule has 0 aliphatic carbocycles. The van der Waals surface area contributed by atoms with Crippen LogP contribution in [0.15, 0.2) is 0 Å². The third-order valence-corrected chi connectivity index (χ3v) is 5.24. The van der Waals surface area contributed by atoms with Crippen LogP contribution in [-0.4, -0.2) is 49.1 Å². The fraction of sp³-hybridized carbons (Fsp3) is 0.556. The van der Waals surface area contributed by atoms with Gasteiger partial charge in [-0.2, -0.15) is 0 Å². The van der Waals surface area contributed by atoms with Crippen LogP contribution >= 0.6 is 11.3 Å². The number of aromatic nitrogens is 1. The summed E-state index contributed by atoms with van der Waals surface area (Å²) in [6.45, 7) is 2.47. The van der Waals surface area contributed by atoms with Crippen molar-refractivity contribution in [2.24, 2.45) is 0 Å². The Hall–Kier alpha value is -1.15. The van der Waals surface area contributed by atoms with E-state index in [0.717, 1.165) is 0 Å². The maximum Gasteiger partial charge on any atom is 0.355 e. The van der Waals surface area contributed by atoms with Crippen molar-refractivity contribution in [2.75, 3.05) is 29.5 Å². The average molecular weight is 276 g/mol. The highest BCUT2D eigenvalue weighted by molar-refractivity contribution is 7.91. The molecule has 0 atom stereocenters. The maximum absolute atomic E-state index is 11.3. The molecule has 2 rings (SSSR count). The van der Waals surface area contributed by atoms with Crippen LogP contribution in [0.4, 0.5) is 5.13 Å². The van der Waals surface area contributed by atoms with Gasteiger partial charge in [-0.3, -0.25) is 0 Å². The zero-order chi connectivity index (χ0) is 12.6. The number of rotatable bonds is 2. The molecule has 0 unspecified atom stereocenters. The van der Waals surface area contributed by atoms with Crippen LogP contribution in [0.5, 0.6) is 0 Å². The zero-order valence-corrected chi connectivity index (χ0v) is 10.8. The van der Waals surface area contributed by atoms with E-state index >= 15 is 0 Å². The smallest absolute Gasteiger partial charge is 0.355 e. The predicted octanol–water partition coefficient (Wildman–Crippen LogP) is 0.385. The number of hydrogen-bond acceptors (Lipinski definition) is 6. The molecule has 0 aromatic carbocycles. The number of hydrogen-bond donors (Lipinski definition) is 1. The van der Waals surface area contributed by atoms with Crippen molar-refractivity contribution in [1.82, 2.24) is 4.98 Å². The number of anilines is 1. The quantitative estimate of drug-likeness (QED) is 0.840. The van der Waals surface area contributed by atoms with Gasteiger partial charge in [-0.15, -0.1) is 11.3 Å². The minimum absolute atomic E-state index is 0.0541. The normalized spacial score (nSPS) is 19.2. The first-order chi connectivity index (χ1) is 7.89. The van der Waals surface area contributed by atoms with Crippen LogP contribution in [0.1, 0.15) is 15.4 Å². The van der Waals surface area contributed by atoms with Crippen LogP contribution in [0.3, 0.4) is 0 Å². The van der Waals surface area contributed by atoms with Crippen molar-refractivity contribution in [3.63, 3.8) is 0 Å². The van der Waals surface area contributed by atoms with E-state index in [1.54, 1.807) is 6.92 Å². The Morgan fingerprint density at radius 3 is 2.47 bits per heavy atom. The number of aromatic carboxylic acids is 1. The van der Waals surface area contributed by atoms with E-state index in [2.05, 4.69) is 4.98 Å². The average Bonchev–Trinajstić information content (AvgIpc) is 2.60. The van der Waals surface area contributed by atoms with E-state index in [4.69, 9.17) is 5.11 Å². The molecule has 1 aliphatic rings. The van der Waals surface area contributed by atoms with E-state index in [1.165, 1.54) is 11.3 Å². The van der Waals surface area contributed by atoms with Crippen molar-refractivity contribution >= 4 is 32.3 Å². The molecule has 0 bridgehead atoms. The van der Waals surface area contributed by atoms with Gasteiger partial charge in [0.25, 0.3) is 0 Å². The van der Waals surface area contributed by atoms with Crippen LogP contribution in [0.25, 0.3) is 0 Å². The molecule has 17 heavy (non-hydrogen) atoms. The summed E-state index contributed by atoms with van der Waals surface area (Å²) in [6, 6.07) is 0. The Morgan fingerprint density at radius 1 is 1.41 bits per heavy atom. The summed E-state index contributed by atoms with van der Waals surface area (Å²) in [5.41, 5.74) is 0.0541. The van der Waals surface area contributed by atoms with Crippen molar-refractivity contribution in [3.8, 4) is 0 Å². The van der Waals surface area contributed by atoms with Gasteiger partial charge in [0.15, 0.2) is 20.7 Å². The second-order valence-electron chi connectivity index (χ2n) is 3.85. The number of carbonyl (C=O) groups is 1. The lowest BCUT2D eigenvalue weighted by Crippen LogP contribution is -2.40. The van der Waals surface area contributed by atoms with E-state index in [1.807, 2.05) is 4.90 Å². The van der Waals surface area contributed by atoms with Crippen LogP contribution in [0.2, 0.25) is 0 Å². The number of sulfone groups is 1. The Morgan fingerprint density at radius 2 is 2.00 bits per heavy atom. The number of carboxylic acids is 1. The maximum atomic E-state index is 11.3. The summed E-state index contributed by atoms with van der Waals surface area (Å²) in [4.78, 5) is 17.3. The predicted molar refractivity (Wildman–Crippen MR) is 64.7 cm³/mol. The van der Waals surface area contributed by atoms with Crippen molar-refractivity contribution in [3.05, 3.63) is 10.6 Å². The molecule has 1 aromatic rings. The van der Waals surface area contributed by atoms with Gasteiger partial charge in [0, 0.05) is 18.0 Å². The van der Waals surface area contributed by atoms with E-state index in [9.17, 15) is 13.2 Å². The molecule has 8 heteroatoms. The van der Waals surface area contributed by atoms with Crippen LogP contribution < -0.4 is 4.90 Å². The molecular weight excluding hydrogens is 264 g/mol. The molecule has 0 spiro atoms. The van der Waals surface area contributed by atoms with Gasteiger partial charge in [0.2, 0.25) is 0 Å². The fourth-order valence-corrected chi connectivity index (χ4v) is 3.77. The van der Waals surface area contributed by atoms with Crippen LogP contribution in [0, 0.1) is 6.92 Å². The van der Waals surface area contributed by atoms with Gasteiger partial charge in [-0.05, 0) is 6.92 Å². The molecule has 0 saturated carbocycles. The van der Waals surface area contributed by atoms with Gasteiger partial charge in [-0.1, -0.05) is 0 Å². The number of nitrogens with zero attached hydrogens (tertiary/aromatic N) is 2. The Kier molecular flexibility index (Phi) is 3.09. The first kappa shape index (κ1) is 12.3. The fourth-order valence-electron chi connectivity index (χ4n) is 1.62. The van der Waals surface area contributed by atoms with Crippen molar-refractivity contribution in [1.29, 1.82) is 0 Å². The Bertz CT molecular complexity index is 535. The number of carboxylic acid groups (broad SMARTS) is 1. The second-order valence-corrected chi connectivity index (χ2v) is 7.33. The summed E-state index contributed by atoms with van der Waals surface area (Å²) < 4.78 is 22.5. The van der Waals surface area contributed by atoms with E-state index in [0.29, 0.717) is 23.1 Å². The summed E-state index contributed by atoms with van der Waals surface area (Å²) >= 11 is 1.29. The molecule has 1 fully saturated rings. The highest BCUT2D eigenvalue weighted by atomic mass is 32.2. The molecule has 2 heterocycles. The number of thiazole rings is 1. The first-order valence-corrected chi connectivity index (χ1v) is 7.69. The third kappa shape index (κ3) is 2.58. The summed E-state index contributed by atoms with van der Waals surface area (Å²) in [5.74, 6) is -0.836. The van der Waals surface area contributed by atoms with Gasteiger partial charge in [0.05, 0.1) is 11.5 Å². The SMILES string of the molecule is Cc1sc(N2CCS(=O)(=O)CC2)nc1C(=O)O. The first-order valence-electron chi connectivity index (χ1n) is 5.05. The molecule has 94 valence electrons. The molecule has 0 radical (unpaired) electrons. The molecular formula is C9H12N2O4S2. The van der Waals surface area contributed by atoms with E-state index < -0.39 is 15.8 Å². The second kappa shape index (κ2) is 4.26. The monoisotopic (exact) mass is 276 g/mol. The zero-order valence-electron chi connectivity index (χ0n) is 9.21. The van der Waals surface area contributed by atoms with Gasteiger partial charge >= 0.3 is 5.97 Å². The minimum Gasteiger partial charge on any atom is -0.476 e. The standard InChI is InChI=1S/C9H12N2O4S2/c1-6-7(8(12)13)10-9(16-6)11-2-4-17(14,15)5-3-11/h2-5H2,1H3,(H,12,13). The van der Waals surface area contributed by atoms with Crippen molar-refractivity contribution < 1.29 is 18.3 Å². The van der Waals surface area contributed by atoms with Gasteiger partial charge in [0.1, 0.15) is 0 Å². The lowest BCUT2D eigenvalue weighted by molar-refractivity contribution is 0.0690. The lowest BCUT2D eigenvalue weighted by Gasteiger charge is -2.25. The molecule has 1 saturated heterocycles. The Labute approximate surface area is 103 Å². The molecule has 1 aromatic heterocycles. The topological polar surface area (TPSA) is 87.6 Å². The third-order valence-electron chi connectivity index (χ3n) is 2.60. The van der Waals surface area contributed by atoms with E-state index in [-0.39, 0.29) is 17.2 Å². The minimum atomic E-state index is -2.92. The Balaban J connectivity index is 2.19. The molecule has 1 N–H and O–H groups in total. The molecule has 0 amide bonds. The summed E-state index contributed by atoms with van der Waals surface area (Å²) in [5, 5.41) is 9.48. The highest BCUT2D eigenvalue weighted by Gasteiger charge is 2.25.